The maximum absolute atomic E-state index is 8.67. The second kappa shape index (κ2) is 9.73. The summed E-state index contributed by atoms with van der Waals surface area (Å²) in [5, 5.41) is 4.57. The summed E-state index contributed by atoms with van der Waals surface area (Å²) in [5.74, 6) is 0. The van der Waals surface area contributed by atoms with Crippen LogP contribution >= 0.6 is 0 Å². The first-order valence-corrected chi connectivity index (χ1v) is 13.9. The average Bonchev–Trinajstić information content (AvgIpc) is 3.28. The molecule has 1 aliphatic heterocycles. The topological polar surface area (TPSA) is 18.5 Å². The summed E-state index contributed by atoms with van der Waals surface area (Å²) >= 11 is 0. The molecule has 1 saturated heterocycles. The standard InChI is InChI=1S/C38H33BO2/c1-37(2)38(3,4)41-39(40-37)34-24-32(26-11-6-5-7-12-26)23-33(25-34)30-18-17-29-22-31(20-19-28(29)21-30)36-16-10-14-27-13-8-9-15-35(27)36/h5-25H,1-4H3/i5D,6D,7D,11D,12D. The van der Waals surface area contributed by atoms with Gasteiger partial charge in [0, 0.05) is 0 Å². The monoisotopic (exact) mass is 537 g/mol. The van der Waals surface area contributed by atoms with Crippen LogP contribution in [-0.4, -0.2) is 18.3 Å². The van der Waals surface area contributed by atoms with Crippen molar-refractivity contribution in [1.82, 2.24) is 0 Å². The second-order valence-electron chi connectivity index (χ2n) is 11.7. The van der Waals surface area contributed by atoms with Crippen LogP contribution in [-0.2, 0) is 9.31 Å². The number of rotatable bonds is 4. The fourth-order valence-electron chi connectivity index (χ4n) is 5.54. The van der Waals surface area contributed by atoms with E-state index in [1.54, 1.807) is 0 Å². The van der Waals surface area contributed by atoms with E-state index in [9.17, 15) is 0 Å². The van der Waals surface area contributed by atoms with Gasteiger partial charge < -0.3 is 9.31 Å². The smallest absolute Gasteiger partial charge is 0.399 e. The molecule has 1 fully saturated rings. The van der Waals surface area contributed by atoms with E-state index in [1.807, 2.05) is 45.9 Å². The molecule has 0 saturated carbocycles. The number of benzene rings is 6. The minimum atomic E-state index is -0.697. The van der Waals surface area contributed by atoms with E-state index in [-0.39, 0.29) is 29.7 Å². The molecule has 0 unspecified atom stereocenters. The van der Waals surface area contributed by atoms with Crippen LogP contribution in [0.5, 0.6) is 0 Å². The lowest BCUT2D eigenvalue weighted by molar-refractivity contribution is 0.00578. The zero-order valence-corrected chi connectivity index (χ0v) is 23.6. The largest absolute Gasteiger partial charge is 0.494 e. The van der Waals surface area contributed by atoms with Crippen LogP contribution in [0.15, 0.2) is 127 Å². The van der Waals surface area contributed by atoms with E-state index in [0.29, 0.717) is 11.0 Å². The van der Waals surface area contributed by atoms with Crippen molar-refractivity contribution in [2.45, 2.75) is 38.9 Å². The number of fused-ring (bicyclic) bond motifs is 2. The van der Waals surface area contributed by atoms with Crippen LogP contribution in [0.2, 0.25) is 0 Å². The summed E-state index contributed by atoms with van der Waals surface area (Å²) in [4.78, 5) is 0. The predicted molar refractivity (Wildman–Crippen MR) is 173 cm³/mol. The highest BCUT2D eigenvalue weighted by molar-refractivity contribution is 6.62. The Morgan fingerprint density at radius 2 is 1.15 bits per heavy atom. The SMILES string of the molecule is [2H]c1c([2H])c([2H])c(-c2cc(B3OC(C)(C)C(C)(C)O3)cc(-c3ccc4cc(-c5cccc6ccccc56)ccc4c3)c2)c([2H])c1[2H]. The van der Waals surface area contributed by atoms with Crippen molar-refractivity contribution in [3.05, 3.63) is 127 Å². The van der Waals surface area contributed by atoms with Crippen molar-refractivity contribution in [2.24, 2.45) is 0 Å². The Bertz CT molecular complexity index is 2140. The summed E-state index contributed by atoms with van der Waals surface area (Å²) in [6.07, 6.45) is 0. The molecule has 2 nitrogen and oxygen atoms in total. The van der Waals surface area contributed by atoms with Crippen molar-refractivity contribution < 1.29 is 16.2 Å². The summed E-state index contributed by atoms with van der Waals surface area (Å²) in [7, 11) is -0.697. The van der Waals surface area contributed by atoms with Crippen molar-refractivity contribution >= 4 is 34.1 Å². The van der Waals surface area contributed by atoms with E-state index in [4.69, 9.17) is 16.2 Å². The maximum Gasteiger partial charge on any atom is 0.494 e. The van der Waals surface area contributed by atoms with Crippen LogP contribution in [0.25, 0.3) is 54.9 Å². The molecule has 0 amide bonds. The molecule has 200 valence electrons. The van der Waals surface area contributed by atoms with Gasteiger partial charge in [0.05, 0.1) is 18.1 Å². The zero-order valence-electron chi connectivity index (χ0n) is 28.6. The highest BCUT2D eigenvalue weighted by atomic mass is 16.7. The van der Waals surface area contributed by atoms with Gasteiger partial charge in [0.15, 0.2) is 0 Å². The van der Waals surface area contributed by atoms with Crippen LogP contribution in [0, 0.1) is 0 Å². The zero-order chi connectivity index (χ0) is 32.5. The quantitative estimate of drug-likeness (QED) is 0.209. The summed E-state index contributed by atoms with van der Waals surface area (Å²) < 4.78 is 54.8. The van der Waals surface area contributed by atoms with Crippen LogP contribution in [0.3, 0.4) is 0 Å². The molecule has 0 aromatic heterocycles. The van der Waals surface area contributed by atoms with E-state index < -0.39 is 24.4 Å². The average molecular weight is 538 g/mol. The van der Waals surface area contributed by atoms with Crippen molar-refractivity contribution in [3.8, 4) is 33.4 Å². The number of hydrogen-bond acceptors (Lipinski definition) is 2. The van der Waals surface area contributed by atoms with Gasteiger partial charge in [0.2, 0.25) is 0 Å². The summed E-state index contributed by atoms with van der Waals surface area (Å²) in [6, 6.07) is 31.6. The number of hydrogen-bond donors (Lipinski definition) is 0. The fourth-order valence-corrected chi connectivity index (χ4v) is 5.54. The second-order valence-corrected chi connectivity index (χ2v) is 11.7. The summed E-state index contributed by atoms with van der Waals surface area (Å²) in [6.45, 7) is 7.96. The Balaban J connectivity index is 1.37. The van der Waals surface area contributed by atoms with Crippen LogP contribution in [0.4, 0.5) is 0 Å². The molecule has 41 heavy (non-hydrogen) atoms. The Labute approximate surface area is 249 Å². The molecule has 0 spiro atoms. The molecule has 0 bridgehead atoms. The van der Waals surface area contributed by atoms with E-state index in [1.165, 1.54) is 16.3 Å². The Kier molecular flexibility index (Phi) is 4.90. The van der Waals surface area contributed by atoms with Crippen LogP contribution in [0.1, 0.15) is 34.5 Å². The van der Waals surface area contributed by atoms with Gasteiger partial charge in [-0.05, 0) is 106 Å². The highest BCUT2D eigenvalue weighted by Crippen LogP contribution is 2.38. The first-order valence-electron chi connectivity index (χ1n) is 16.4. The lowest BCUT2D eigenvalue weighted by atomic mass is 9.76. The molecule has 1 heterocycles. The molecule has 1 aliphatic rings. The normalized spacial score (nSPS) is 17.7. The van der Waals surface area contributed by atoms with Gasteiger partial charge in [-0.25, -0.2) is 0 Å². The Morgan fingerprint density at radius 3 is 1.88 bits per heavy atom. The third-order valence-corrected chi connectivity index (χ3v) is 8.54. The van der Waals surface area contributed by atoms with E-state index >= 15 is 0 Å². The van der Waals surface area contributed by atoms with Gasteiger partial charge in [0.25, 0.3) is 0 Å². The Hall–Kier alpha value is -4.18. The van der Waals surface area contributed by atoms with E-state index in [0.717, 1.165) is 27.5 Å². The van der Waals surface area contributed by atoms with Gasteiger partial charge in [-0.2, -0.15) is 0 Å². The highest BCUT2D eigenvalue weighted by Gasteiger charge is 2.51. The van der Waals surface area contributed by atoms with Crippen molar-refractivity contribution in [1.29, 1.82) is 0 Å². The third-order valence-electron chi connectivity index (χ3n) is 8.54. The molecular weight excluding hydrogens is 499 g/mol. The first kappa shape index (κ1) is 20.7. The molecule has 7 rings (SSSR count). The molecule has 0 N–H and O–H groups in total. The lowest BCUT2D eigenvalue weighted by Gasteiger charge is -2.32. The molecule has 6 aromatic carbocycles. The fraction of sp³-hybridized carbons (Fsp3) is 0.158. The summed E-state index contributed by atoms with van der Waals surface area (Å²) in [5.41, 5.74) is 4.29. The lowest BCUT2D eigenvalue weighted by Crippen LogP contribution is -2.41. The van der Waals surface area contributed by atoms with Gasteiger partial charge in [-0.15, -0.1) is 0 Å². The molecule has 3 heteroatoms. The maximum atomic E-state index is 8.67. The Morgan fingerprint density at radius 1 is 0.537 bits per heavy atom. The van der Waals surface area contributed by atoms with Crippen LogP contribution < -0.4 is 5.46 Å². The van der Waals surface area contributed by atoms with Gasteiger partial charge in [0.1, 0.15) is 0 Å². The minimum Gasteiger partial charge on any atom is -0.399 e. The van der Waals surface area contributed by atoms with E-state index in [2.05, 4.69) is 78.9 Å². The minimum absolute atomic E-state index is 0.145. The third kappa shape index (κ3) is 4.66. The molecule has 0 atom stereocenters. The molecule has 0 aliphatic carbocycles. The van der Waals surface area contributed by atoms with Crippen molar-refractivity contribution in [2.75, 3.05) is 0 Å². The molecule has 0 radical (unpaired) electrons. The predicted octanol–water partition coefficient (Wildman–Crippen LogP) is 9.29. The molecular formula is C38H33BO2. The van der Waals surface area contributed by atoms with Gasteiger partial charge in [-0.3, -0.25) is 0 Å². The first-order chi connectivity index (χ1) is 21.8. The van der Waals surface area contributed by atoms with Gasteiger partial charge in [-0.1, -0.05) is 109 Å². The molecule has 6 aromatic rings. The van der Waals surface area contributed by atoms with Gasteiger partial charge >= 0.3 is 7.12 Å². The van der Waals surface area contributed by atoms with Crippen molar-refractivity contribution in [3.63, 3.8) is 0 Å².